The molecular formula is C11H10N6O4. The minimum atomic E-state index is -0.713. The predicted molar refractivity (Wildman–Crippen MR) is 74.2 cm³/mol. The Bertz CT molecular complexity index is 723. The fourth-order valence-corrected chi connectivity index (χ4v) is 1.56. The van der Waals surface area contributed by atoms with Crippen molar-refractivity contribution < 1.29 is 9.85 Å². The number of rotatable bonds is 5. The van der Waals surface area contributed by atoms with E-state index in [0.29, 0.717) is 5.56 Å². The van der Waals surface area contributed by atoms with Crippen LogP contribution in [0.15, 0.2) is 35.7 Å². The van der Waals surface area contributed by atoms with E-state index in [1.165, 1.54) is 12.3 Å². The van der Waals surface area contributed by atoms with Crippen LogP contribution in [0.4, 0.5) is 17.1 Å². The van der Waals surface area contributed by atoms with Crippen LogP contribution in [-0.4, -0.2) is 25.8 Å². The van der Waals surface area contributed by atoms with Crippen LogP contribution in [0, 0.1) is 20.2 Å². The summed E-state index contributed by atoms with van der Waals surface area (Å²) >= 11 is 0. The van der Waals surface area contributed by atoms with Crippen LogP contribution in [-0.2, 0) is 7.05 Å². The molecule has 21 heavy (non-hydrogen) atoms. The summed E-state index contributed by atoms with van der Waals surface area (Å²) in [6.45, 7) is 0. The molecule has 10 heteroatoms. The normalized spacial score (nSPS) is 10.7. The molecule has 0 aliphatic heterocycles. The van der Waals surface area contributed by atoms with E-state index in [2.05, 4.69) is 15.6 Å². The van der Waals surface area contributed by atoms with E-state index < -0.39 is 15.5 Å². The molecule has 1 heterocycles. The van der Waals surface area contributed by atoms with E-state index >= 15 is 0 Å². The lowest BCUT2D eigenvalue weighted by molar-refractivity contribution is -0.393. The SMILES string of the molecule is Cn1cc(/C=N/Nc2ccc([N+](=O)[O-])cc2[N+](=O)[O-])cn1. The molecule has 0 aliphatic rings. The quantitative estimate of drug-likeness (QED) is 0.506. The van der Waals surface area contributed by atoms with E-state index in [1.54, 1.807) is 24.1 Å². The molecular weight excluding hydrogens is 280 g/mol. The van der Waals surface area contributed by atoms with Crippen molar-refractivity contribution in [2.75, 3.05) is 5.43 Å². The van der Waals surface area contributed by atoms with Crippen molar-refractivity contribution >= 4 is 23.3 Å². The molecule has 0 saturated carbocycles. The van der Waals surface area contributed by atoms with Gasteiger partial charge in [0.05, 0.1) is 28.3 Å². The average molecular weight is 290 g/mol. The van der Waals surface area contributed by atoms with E-state index in [1.807, 2.05) is 0 Å². The fourth-order valence-electron chi connectivity index (χ4n) is 1.56. The highest BCUT2D eigenvalue weighted by Crippen LogP contribution is 2.28. The Hall–Kier alpha value is -3.30. The molecule has 0 aliphatic carbocycles. The predicted octanol–water partition coefficient (Wildman–Crippen LogP) is 1.68. The van der Waals surface area contributed by atoms with Crippen molar-refractivity contribution in [1.82, 2.24) is 9.78 Å². The Labute approximate surface area is 118 Å². The maximum atomic E-state index is 10.9. The van der Waals surface area contributed by atoms with Crippen molar-refractivity contribution in [3.63, 3.8) is 0 Å². The van der Waals surface area contributed by atoms with Crippen LogP contribution < -0.4 is 5.43 Å². The lowest BCUT2D eigenvalue weighted by atomic mass is 10.2. The smallest absolute Gasteiger partial charge is 0.275 e. The first-order valence-electron chi connectivity index (χ1n) is 5.68. The minimum Gasteiger partial charge on any atom is -0.275 e. The summed E-state index contributed by atoms with van der Waals surface area (Å²) in [5.74, 6) is 0. The number of nitrogens with zero attached hydrogens (tertiary/aromatic N) is 5. The molecule has 0 amide bonds. The molecule has 108 valence electrons. The van der Waals surface area contributed by atoms with E-state index in [4.69, 9.17) is 0 Å². The van der Waals surface area contributed by atoms with Crippen molar-refractivity contribution in [2.45, 2.75) is 0 Å². The fraction of sp³-hybridized carbons (Fsp3) is 0.0909. The Balaban J connectivity index is 2.21. The molecule has 0 fully saturated rings. The van der Waals surface area contributed by atoms with Crippen molar-refractivity contribution in [1.29, 1.82) is 0 Å². The van der Waals surface area contributed by atoms with Gasteiger partial charge in [-0.3, -0.25) is 30.3 Å². The maximum absolute atomic E-state index is 10.9. The van der Waals surface area contributed by atoms with Crippen molar-refractivity contribution in [3.8, 4) is 0 Å². The Morgan fingerprint density at radius 3 is 2.67 bits per heavy atom. The molecule has 1 aromatic heterocycles. The molecule has 0 saturated heterocycles. The van der Waals surface area contributed by atoms with Gasteiger partial charge in [-0.25, -0.2) is 0 Å². The van der Waals surface area contributed by atoms with Gasteiger partial charge in [0.15, 0.2) is 0 Å². The largest absolute Gasteiger partial charge is 0.301 e. The van der Waals surface area contributed by atoms with E-state index in [-0.39, 0.29) is 11.4 Å². The molecule has 0 spiro atoms. The van der Waals surface area contributed by atoms with Crippen LogP contribution in [0.25, 0.3) is 0 Å². The molecule has 0 atom stereocenters. The number of hydrogen-bond acceptors (Lipinski definition) is 7. The van der Waals surface area contributed by atoms with Crippen LogP contribution in [0.2, 0.25) is 0 Å². The first-order valence-corrected chi connectivity index (χ1v) is 5.68. The van der Waals surface area contributed by atoms with Gasteiger partial charge in [0.2, 0.25) is 0 Å². The van der Waals surface area contributed by atoms with Crippen LogP contribution in [0.3, 0.4) is 0 Å². The van der Waals surface area contributed by atoms with Gasteiger partial charge in [-0.15, -0.1) is 0 Å². The summed E-state index contributed by atoms with van der Waals surface area (Å²) in [6, 6.07) is 3.27. The molecule has 1 aromatic carbocycles. The van der Waals surface area contributed by atoms with Crippen LogP contribution in [0.1, 0.15) is 5.56 Å². The summed E-state index contributed by atoms with van der Waals surface area (Å²) in [5, 5.41) is 29.3. The number of nitrogens with one attached hydrogen (secondary N) is 1. The lowest BCUT2D eigenvalue weighted by Crippen LogP contribution is -1.98. The third-order valence-electron chi connectivity index (χ3n) is 2.51. The number of aromatic nitrogens is 2. The highest BCUT2D eigenvalue weighted by Gasteiger charge is 2.18. The number of hydrazone groups is 1. The highest BCUT2D eigenvalue weighted by atomic mass is 16.6. The Morgan fingerprint density at radius 2 is 2.10 bits per heavy atom. The molecule has 10 nitrogen and oxygen atoms in total. The summed E-state index contributed by atoms with van der Waals surface area (Å²) in [6.07, 6.45) is 4.70. The molecule has 0 unspecified atom stereocenters. The van der Waals surface area contributed by atoms with Gasteiger partial charge in [-0.2, -0.15) is 10.2 Å². The van der Waals surface area contributed by atoms with Gasteiger partial charge in [-0.05, 0) is 6.07 Å². The molecule has 0 radical (unpaired) electrons. The molecule has 2 rings (SSSR count). The summed E-state index contributed by atoms with van der Waals surface area (Å²) < 4.78 is 1.58. The number of anilines is 1. The van der Waals surface area contributed by atoms with Gasteiger partial charge in [0, 0.05) is 24.9 Å². The lowest BCUT2D eigenvalue weighted by Gasteiger charge is -2.01. The second kappa shape index (κ2) is 5.77. The zero-order chi connectivity index (χ0) is 15.4. The first-order chi connectivity index (χ1) is 9.97. The van der Waals surface area contributed by atoms with E-state index in [9.17, 15) is 20.2 Å². The first kappa shape index (κ1) is 14.1. The third-order valence-corrected chi connectivity index (χ3v) is 2.51. The number of hydrogen-bond donors (Lipinski definition) is 1. The van der Waals surface area contributed by atoms with Gasteiger partial charge < -0.3 is 0 Å². The second-order valence-corrected chi connectivity index (χ2v) is 4.03. The number of aryl methyl sites for hydroxylation is 1. The second-order valence-electron chi connectivity index (χ2n) is 4.03. The van der Waals surface area contributed by atoms with Gasteiger partial charge >= 0.3 is 5.69 Å². The topological polar surface area (TPSA) is 128 Å². The van der Waals surface area contributed by atoms with Crippen LogP contribution in [0.5, 0.6) is 0 Å². The van der Waals surface area contributed by atoms with Gasteiger partial charge in [0.1, 0.15) is 5.69 Å². The third kappa shape index (κ3) is 3.37. The molecule has 0 bridgehead atoms. The molecule has 2 aromatic rings. The summed E-state index contributed by atoms with van der Waals surface area (Å²) in [5.41, 5.74) is 2.47. The van der Waals surface area contributed by atoms with Crippen molar-refractivity contribution in [2.24, 2.45) is 12.1 Å². The summed E-state index contributed by atoms with van der Waals surface area (Å²) in [7, 11) is 1.74. The van der Waals surface area contributed by atoms with Gasteiger partial charge in [-0.1, -0.05) is 0 Å². The zero-order valence-electron chi connectivity index (χ0n) is 10.8. The van der Waals surface area contributed by atoms with Crippen molar-refractivity contribution in [3.05, 3.63) is 56.4 Å². The maximum Gasteiger partial charge on any atom is 0.301 e. The monoisotopic (exact) mass is 290 g/mol. The Kier molecular flexibility index (Phi) is 3.88. The summed E-state index contributed by atoms with van der Waals surface area (Å²) in [4.78, 5) is 20.1. The standard InChI is InChI=1S/C11H10N6O4/c1-15-7-8(6-13-15)5-12-14-10-3-2-9(16(18)19)4-11(10)17(20)21/h2-7,14H,1H3/b12-5+. The minimum absolute atomic E-state index is 0.0609. The number of nitro groups is 2. The van der Waals surface area contributed by atoms with Crippen LogP contribution >= 0.6 is 0 Å². The van der Waals surface area contributed by atoms with Gasteiger partial charge in [0.25, 0.3) is 5.69 Å². The number of nitro benzene ring substituents is 2. The average Bonchev–Trinajstić information content (AvgIpc) is 2.84. The molecule has 1 N–H and O–H groups in total. The zero-order valence-corrected chi connectivity index (χ0v) is 10.8. The highest BCUT2D eigenvalue weighted by molar-refractivity contribution is 5.79. The Morgan fingerprint density at radius 1 is 1.33 bits per heavy atom. The number of benzene rings is 1. The van der Waals surface area contributed by atoms with E-state index in [0.717, 1.165) is 12.1 Å². The number of non-ortho nitro benzene ring substituents is 1.